The largest absolute Gasteiger partial charge is 0.443 e. The van der Waals surface area contributed by atoms with E-state index in [1.807, 2.05) is 0 Å². The predicted octanol–water partition coefficient (Wildman–Crippen LogP) is 4.56. The molecular weight excluding hydrogens is 378 g/mol. The Morgan fingerprint density at radius 1 is 1.08 bits per heavy atom. The second-order valence-electron chi connectivity index (χ2n) is 4.71. The zero-order chi connectivity index (χ0) is 17.6. The number of hydrogen-bond acceptors (Lipinski definition) is 2. The lowest BCUT2D eigenvalue weighted by Gasteiger charge is -2.33. The third kappa shape index (κ3) is 4.00. The molecule has 1 atom stereocenters. The summed E-state index contributed by atoms with van der Waals surface area (Å²) >= 11 is 0. The molecule has 0 bridgehead atoms. The van der Waals surface area contributed by atoms with Crippen LogP contribution < -0.4 is 5.32 Å². The molecule has 1 saturated heterocycles. The van der Waals surface area contributed by atoms with Gasteiger partial charge >= 0.3 is 24.4 Å². The summed E-state index contributed by atoms with van der Waals surface area (Å²) in [6.07, 6.45) is -11.7. The maximum Gasteiger partial charge on any atom is 0.416 e. The van der Waals surface area contributed by atoms with E-state index >= 15 is 0 Å². The van der Waals surface area contributed by atoms with Crippen LogP contribution in [-0.2, 0) is 17.1 Å². The molecule has 1 N–H and O–H groups in total. The summed E-state index contributed by atoms with van der Waals surface area (Å²) in [4.78, 5) is 11.0. The summed E-state index contributed by atoms with van der Waals surface area (Å²) in [6, 6.07) is -2.46. The number of rotatable bonds is 1. The lowest BCUT2D eigenvalue weighted by Crippen LogP contribution is -2.50. The Bertz CT molecular complexity index is 628. The van der Waals surface area contributed by atoms with Crippen LogP contribution >= 0.6 is 12.4 Å². The van der Waals surface area contributed by atoms with Crippen molar-refractivity contribution >= 4 is 18.5 Å². The Morgan fingerprint density at radius 3 is 2.17 bits per heavy atom. The summed E-state index contributed by atoms with van der Waals surface area (Å²) in [5.74, 6) is -4.02. The van der Waals surface area contributed by atoms with E-state index in [4.69, 9.17) is 0 Å². The average Bonchev–Trinajstić information content (AvgIpc) is 2.39. The third-order valence-electron chi connectivity index (χ3n) is 3.08. The first-order valence-corrected chi connectivity index (χ1v) is 5.92. The first-order valence-electron chi connectivity index (χ1n) is 5.92. The van der Waals surface area contributed by atoms with E-state index in [0.717, 1.165) is 0 Å². The standard InChI is InChI=1S/C12H7F8NO2.ClH/c13-10(14)4-23-9(22)21-8(10)6-3-5(11(15,16)17)1-2-7(6)12(18,19)20;/h1-3,8H,4H2,(H,21,22);1H/t8-;/m1./s1. The highest BCUT2D eigenvalue weighted by atomic mass is 35.5. The van der Waals surface area contributed by atoms with Crippen molar-refractivity contribution in [1.29, 1.82) is 0 Å². The van der Waals surface area contributed by atoms with E-state index in [9.17, 15) is 39.9 Å². The minimum Gasteiger partial charge on any atom is -0.443 e. The number of cyclic esters (lactones) is 1. The van der Waals surface area contributed by atoms with Crippen molar-refractivity contribution in [3.63, 3.8) is 0 Å². The van der Waals surface area contributed by atoms with Crippen LogP contribution in [0.1, 0.15) is 22.7 Å². The number of halogens is 9. The van der Waals surface area contributed by atoms with Crippen molar-refractivity contribution < 1.29 is 44.7 Å². The number of alkyl carbamates (subject to hydrolysis) is 1. The molecule has 1 fully saturated rings. The lowest BCUT2D eigenvalue weighted by atomic mass is 9.92. The van der Waals surface area contributed by atoms with Gasteiger partial charge in [-0.3, -0.25) is 0 Å². The molecular formula is C12H8ClF8NO2. The SMILES string of the molecule is Cl.O=C1N[C@H](c2cc(C(F)(F)F)ccc2C(F)(F)F)C(F)(F)CO1. The van der Waals surface area contributed by atoms with Crippen LogP contribution in [0.3, 0.4) is 0 Å². The number of benzene rings is 1. The zero-order valence-electron chi connectivity index (χ0n) is 11.3. The fourth-order valence-corrected chi connectivity index (χ4v) is 2.05. The molecule has 0 aromatic heterocycles. The Kier molecular flexibility index (Phi) is 5.29. The van der Waals surface area contributed by atoms with Gasteiger partial charge in [0, 0.05) is 0 Å². The number of carbonyl (C=O) groups is 1. The number of hydrogen-bond donors (Lipinski definition) is 1. The highest BCUT2D eigenvalue weighted by Gasteiger charge is 2.50. The molecule has 24 heavy (non-hydrogen) atoms. The van der Waals surface area contributed by atoms with Gasteiger partial charge in [-0.05, 0) is 23.8 Å². The van der Waals surface area contributed by atoms with Gasteiger partial charge in [0.15, 0.2) is 6.61 Å². The lowest BCUT2D eigenvalue weighted by molar-refractivity contribution is -0.144. The van der Waals surface area contributed by atoms with Gasteiger partial charge in [0.2, 0.25) is 0 Å². The van der Waals surface area contributed by atoms with Gasteiger partial charge in [0.25, 0.3) is 0 Å². The fourth-order valence-electron chi connectivity index (χ4n) is 2.05. The monoisotopic (exact) mass is 385 g/mol. The average molecular weight is 386 g/mol. The van der Waals surface area contributed by atoms with E-state index in [-0.39, 0.29) is 30.6 Å². The van der Waals surface area contributed by atoms with Gasteiger partial charge < -0.3 is 10.1 Å². The van der Waals surface area contributed by atoms with Crippen molar-refractivity contribution in [3.05, 3.63) is 34.9 Å². The van der Waals surface area contributed by atoms with Crippen LogP contribution in [0, 0.1) is 0 Å². The predicted molar refractivity (Wildman–Crippen MR) is 65.9 cm³/mol. The molecule has 3 nitrogen and oxygen atoms in total. The van der Waals surface area contributed by atoms with E-state index in [1.165, 1.54) is 5.32 Å². The topological polar surface area (TPSA) is 38.3 Å². The highest BCUT2D eigenvalue weighted by Crippen LogP contribution is 2.43. The van der Waals surface area contributed by atoms with Crippen molar-refractivity contribution in [2.45, 2.75) is 24.3 Å². The number of nitrogens with one attached hydrogen (secondary N) is 1. The van der Waals surface area contributed by atoms with Gasteiger partial charge in [0.05, 0.1) is 11.1 Å². The van der Waals surface area contributed by atoms with E-state index in [2.05, 4.69) is 4.74 Å². The maximum atomic E-state index is 13.7. The minimum absolute atomic E-state index is 0. The molecule has 1 aromatic carbocycles. The molecule has 1 aromatic rings. The Labute approximate surface area is 135 Å². The minimum atomic E-state index is -5.18. The highest BCUT2D eigenvalue weighted by molar-refractivity contribution is 5.85. The molecule has 2 rings (SSSR count). The number of carbonyl (C=O) groups excluding carboxylic acids is 1. The van der Waals surface area contributed by atoms with Crippen LogP contribution in [0.5, 0.6) is 0 Å². The molecule has 1 amide bonds. The molecule has 0 unspecified atom stereocenters. The summed E-state index contributed by atoms with van der Waals surface area (Å²) in [7, 11) is 0. The normalized spacial score (nSPS) is 20.7. The first-order chi connectivity index (χ1) is 10.3. The van der Waals surface area contributed by atoms with Gasteiger partial charge in [0.1, 0.15) is 6.04 Å². The quantitative estimate of drug-likeness (QED) is 0.720. The maximum absolute atomic E-state index is 13.7. The summed E-state index contributed by atoms with van der Waals surface area (Å²) in [5.41, 5.74) is -4.62. The summed E-state index contributed by atoms with van der Waals surface area (Å²) in [5, 5.41) is 1.44. The number of alkyl halides is 8. The molecule has 0 saturated carbocycles. The number of ether oxygens (including phenoxy) is 1. The van der Waals surface area contributed by atoms with E-state index in [1.54, 1.807) is 0 Å². The third-order valence-corrected chi connectivity index (χ3v) is 3.08. The fraction of sp³-hybridized carbons (Fsp3) is 0.417. The van der Waals surface area contributed by atoms with Crippen molar-refractivity contribution in [1.82, 2.24) is 5.32 Å². The zero-order valence-corrected chi connectivity index (χ0v) is 12.1. The van der Waals surface area contributed by atoms with Crippen LogP contribution in [0.15, 0.2) is 18.2 Å². The van der Waals surface area contributed by atoms with Crippen LogP contribution in [0.25, 0.3) is 0 Å². The summed E-state index contributed by atoms with van der Waals surface area (Å²) < 4.78 is 108. The van der Waals surface area contributed by atoms with Crippen molar-refractivity contribution in [3.8, 4) is 0 Å². The van der Waals surface area contributed by atoms with Crippen LogP contribution in [0.2, 0.25) is 0 Å². The van der Waals surface area contributed by atoms with Gasteiger partial charge in [-0.25, -0.2) is 13.6 Å². The van der Waals surface area contributed by atoms with Gasteiger partial charge in [-0.15, -0.1) is 12.4 Å². The molecule has 1 aliphatic rings. The molecule has 1 aliphatic heterocycles. The molecule has 12 heteroatoms. The van der Waals surface area contributed by atoms with E-state index in [0.29, 0.717) is 0 Å². The Hall–Kier alpha value is -1.78. The Morgan fingerprint density at radius 2 is 1.67 bits per heavy atom. The molecule has 1 heterocycles. The van der Waals surface area contributed by atoms with Crippen LogP contribution in [0.4, 0.5) is 39.9 Å². The first kappa shape index (κ1) is 20.3. The van der Waals surface area contributed by atoms with Crippen molar-refractivity contribution in [2.24, 2.45) is 0 Å². The van der Waals surface area contributed by atoms with Crippen LogP contribution in [-0.4, -0.2) is 18.6 Å². The smallest absolute Gasteiger partial charge is 0.416 e. The molecule has 136 valence electrons. The second kappa shape index (κ2) is 6.26. The van der Waals surface area contributed by atoms with Gasteiger partial charge in [-0.2, -0.15) is 26.3 Å². The van der Waals surface area contributed by atoms with E-state index < -0.39 is 53.7 Å². The Balaban J connectivity index is 0.00000288. The van der Waals surface area contributed by atoms with Crippen molar-refractivity contribution in [2.75, 3.05) is 6.61 Å². The summed E-state index contributed by atoms with van der Waals surface area (Å²) in [6.45, 7) is -1.54. The van der Waals surface area contributed by atoms with Gasteiger partial charge in [-0.1, -0.05) is 0 Å². The molecule has 0 aliphatic carbocycles. The number of amides is 1. The molecule has 0 spiro atoms. The molecule has 0 radical (unpaired) electrons. The second-order valence-corrected chi connectivity index (χ2v) is 4.71.